The number of hydrogen-bond donors (Lipinski definition) is 1. The van der Waals surface area contributed by atoms with Crippen LogP contribution in [-0.4, -0.2) is 6.54 Å². The first kappa shape index (κ1) is 18.1. The SMILES string of the molecule is NCC1CCC(c2ccc(-c3ccc4c(F)c(F)c(F)cc4c3)cc2)CC1. The molecular formula is C23H22F3N. The molecule has 3 aromatic carbocycles. The van der Waals surface area contributed by atoms with Gasteiger partial charge in [0.05, 0.1) is 0 Å². The lowest BCUT2D eigenvalue weighted by molar-refractivity contribution is 0.333. The highest BCUT2D eigenvalue weighted by Gasteiger charge is 2.21. The van der Waals surface area contributed by atoms with Gasteiger partial charge in [0.15, 0.2) is 17.5 Å². The average molecular weight is 369 g/mol. The summed E-state index contributed by atoms with van der Waals surface area (Å²) in [7, 11) is 0. The third-order valence-corrected chi connectivity index (χ3v) is 5.87. The molecule has 1 saturated carbocycles. The van der Waals surface area contributed by atoms with E-state index in [1.54, 1.807) is 12.1 Å². The zero-order valence-corrected chi connectivity index (χ0v) is 15.0. The molecule has 0 unspecified atom stereocenters. The van der Waals surface area contributed by atoms with Crippen LogP contribution in [0.4, 0.5) is 13.2 Å². The molecule has 1 aliphatic carbocycles. The van der Waals surface area contributed by atoms with Gasteiger partial charge < -0.3 is 5.73 Å². The summed E-state index contributed by atoms with van der Waals surface area (Å²) >= 11 is 0. The van der Waals surface area contributed by atoms with E-state index in [2.05, 4.69) is 12.1 Å². The van der Waals surface area contributed by atoms with Crippen LogP contribution in [0.2, 0.25) is 0 Å². The average Bonchev–Trinajstić information content (AvgIpc) is 2.72. The first-order valence-electron chi connectivity index (χ1n) is 9.44. The van der Waals surface area contributed by atoms with Gasteiger partial charge >= 0.3 is 0 Å². The molecule has 0 aromatic heterocycles. The molecule has 4 heteroatoms. The van der Waals surface area contributed by atoms with Gasteiger partial charge in [-0.3, -0.25) is 0 Å². The summed E-state index contributed by atoms with van der Waals surface area (Å²) in [6.45, 7) is 0.776. The Morgan fingerprint density at radius 2 is 1.44 bits per heavy atom. The molecule has 27 heavy (non-hydrogen) atoms. The van der Waals surface area contributed by atoms with Gasteiger partial charge in [0, 0.05) is 5.39 Å². The summed E-state index contributed by atoms with van der Waals surface area (Å²) in [6, 6.07) is 14.3. The van der Waals surface area contributed by atoms with Crippen LogP contribution < -0.4 is 5.73 Å². The fourth-order valence-corrected chi connectivity index (χ4v) is 4.16. The predicted octanol–water partition coefficient (Wildman–Crippen LogP) is 6.16. The lowest BCUT2D eigenvalue weighted by atomic mass is 9.78. The van der Waals surface area contributed by atoms with Crippen molar-refractivity contribution < 1.29 is 13.2 Å². The van der Waals surface area contributed by atoms with Crippen LogP contribution in [0.25, 0.3) is 21.9 Å². The fraction of sp³-hybridized carbons (Fsp3) is 0.304. The second kappa shape index (κ2) is 7.35. The minimum absolute atomic E-state index is 0.0888. The highest BCUT2D eigenvalue weighted by atomic mass is 19.2. The van der Waals surface area contributed by atoms with Crippen molar-refractivity contribution in [1.82, 2.24) is 0 Å². The molecular weight excluding hydrogens is 347 g/mol. The van der Waals surface area contributed by atoms with Crippen molar-refractivity contribution in [3.8, 4) is 11.1 Å². The zero-order chi connectivity index (χ0) is 19.0. The molecule has 1 fully saturated rings. The molecule has 0 bridgehead atoms. The molecule has 140 valence electrons. The number of rotatable bonds is 3. The quantitative estimate of drug-likeness (QED) is 0.550. The Kier molecular flexibility index (Phi) is 4.92. The van der Waals surface area contributed by atoms with Crippen LogP contribution in [0.15, 0.2) is 48.5 Å². The van der Waals surface area contributed by atoms with Crippen LogP contribution in [0.3, 0.4) is 0 Å². The molecule has 0 aliphatic heterocycles. The fourth-order valence-electron chi connectivity index (χ4n) is 4.16. The van der Waals surface area contributed by atoms with Gasteiger partial charge in [-0.05, 0) is 78.3 Å². The van der Waals surface area contributed by atoms with Crippen molar-refractivity contribution in [3.63, 3.8) is 0 Å². The van der Waals surface area contributed by atoms with Gasteiger partial charge in [-0.1, -0.05) is 36.4 Å². The molecule has 4 rings (SSSR count). The smallest absolute Gasteiger partial charge is 0.195 e. The number of nitrogens with two attached hydrogens (primary N) is 1. The van der Waals surface area contributed by atoms with Crippen LogP contribution in [0, 0.1) is 23.4 Å². The van der Waals surface area contributed by atoms with E-state index < -0.39 is 17.5 Å². The Labute approximate surface area is 157 Å². The summed E-state index contributed by atoms with van der Waals surface area (Å²) in [6.07, 6.45) is 4.70. The predicted molar refractivity (Wildman–Crippen MR) is 103 cm³/mol. The van der Waals surface area contributed by atoms with Crippen molar-refractivity contribution in [1.29, 1.82) is 0 Å². The Bertz CT molecular complexity index is 958. The van der Waals surface area contributed by atoms with E-state index in [4.69, 9.17) is 5.73 Å². The van der Waals surface area contributed by atoms with Gasteiger partial charge in [-0.2, -0.15) is 0 Å². The largest absolute Gasteiger partial charge is 0.330 e. The summed E-state index contributed by atoms with van der Waals surface area (Å²) in [5, 5.41) is 0.444. The van der Waals surface area contributed by atoms with Crippen LogP contribution in [-0.2, 0) is 0 Å². The number of fused-ring (bicyclic) bond motifs is 1. The van der Waals surface area contributed by atoms with E-state index in [1.165, 1.54) is 37.3 Å². The highest BCUT2D eigenvalue weighted by Crippen LogP contribution is 2.36. The number of hydrogen-bond acceptors (Lipinski definition) is 1. The van der Waals surface area contributed by atoms with Crippen molar-refractivity contribution >= 4 is 10.8 Å². The molecule has 0 saturated heterocycles. The Balaban J connectivity index is 1.60. The maximum absolute atomic E-state index is 13.9. The van der Waals surface area contributed by atoms with E-state index in [0.717, 1.165) is 23.7 Å². The maximum atomic E-state index is 13.9. The van der Waals surface area contributed by atoms with E-state index in [-0.39, 0.29) is 5.39 Å². The van der Waals surface area contributed by atoms with E-state index >= 15 is 0 Å². The lowest BCUT2D eigenvalue weighted by Gasteiger charge is -2.28. The minimum Gasteiger partial charge on any atom is -0.330 e. The van der Waals surface area contributed by atoms with Crippen molar-refractivity contribution in [2.75, 3.05) is 6.54 Å². The molecule has 1 nitrogen and oxygen atoms in total. The minimum atomic E-state index is -1.43. The number of benzene rings is 3. The molecule has 0 radical (unpaired) electrons. The van der Waals surface area contributed by atoms with Gasteiger partial charge in [-0.25, -0.2) is 13.2 Å². The molecule has 0 amide bonds. The third kappa shape index (κ3) is 3.46. The first-order valence-corrected chi connectivity index (χ1v) is 9.44. The summed E-state index contributed by atoms with van der Waals surface area (Å²) in [5.74, 6) is -2.50. The van der Waals surface area contributed by atoms with Gasteiger partial charge in [0.2, 0.25) is 0 Å². The molecule has 1 aliphatic rings. The Morgan fingerprint density at radius 1 is 0.778 bits per heavy atom. The van der Waals surface area contributed by atoms with Gasteiger partial charge in [0.25, 0.3) is 0 Å². The third-order valence-electron chi connectivity index (χ3n) is 5.87. The summed E-state index contributed by atoms with van der Waals surface area (Å²) in [5.41, 5.74) is 8.92. The van der Waals surface area contributed by atoms with E-state index in [0.29, 0.717) is 17.2 Å². The molecule has 0 heterocycles. The maximum Gasteiger partial charge on any atom is 0.195 e. The lowest BCUT2D eigenvalue weighted by Crippen LogP contribution is -2.20. The molecule has 0 spiro atoms. The first-order chi connectivity index (χ1) is 13.1. The molecule has 2 N–H and O–H groups in total. The Hall–Kier alpha value is -2.33. The van der Waals surface area contributed by atoms with E-state index in [1.807, 2.05) is 12.1 Å². The Morgan fingerprint density at radius 3 is 2.11 bits per heavy atom. The van der Waals surface area contributed by atoms with E-state index in [9.17, 15) is 13.2 Å². The van der Waals surface area contributed by atoms with Crippen molar-refractivity contribution in [2.24, 2.45) is 11.7 Å². The summed E-state index contributed by atoms with van der Waals surface area (Å²) < 4.78 is 40.8. The highest BCUT2D eigenvalue weighted by molar-refractivity contribution is 5.88. The van der Waals surface area contributed by atoms with Gasteiger partial charge in [-0.15, -0.1) is 0 Å². The monoisotopic (exact) mass is 369 g/mol. The zero-order valence-electron chi connectivity index (χ0n) is 15.0. The number of halogens is 3. The van der Waals surface area contributed by atoms with Crippen molar-refractivity contribution in [2.45, 2.75) is 31.6 Å². The molecule has 3 aromatic rings. The van der Waals surface area contributed by atoms with Crippen LogP contribution in [0.5, 0.6) is 0 Å². The second-order valence-corrected chi connectivity index (χ2v) is 7.50. The molecule has 0 atom stereocenters. The topological polar surface area (TPSA) is 26.0 Å². The van der Waals surface area contributed by atoms with Crippen LogP contribution in [0.1, 0.15) is 37.2 Å². The normalized spacial score (nSPS) is 20.1. The summed E-state index contributed by atoms with van der Waals surface area (Å²) in [4.78, 5) is 0. The second-order valence-electron chi connectivity index (χ2n) is 7.50. The van der Waals surface area contributed by atoms with Crippen LogP contribution >= 0.6 is 0 Å². The van der Waals surface area contributed by atoms with Gasteiger partial charge in [0.1, 0.15) is 0 Å². The van der Waals surface area contributed by atoms with Crippen molar-refractivity contribution in [3.05, 3.63) is 71.5 Å². The standard InChI is InChI=1S/C23H22F3N/c24-21-12-19-11-18(9-10-20(19)22(25)23(21)26)17-7-5-16(6-8-17)15-3-1-14(13-27)2-4-15/h5-12,14-15H,1-4,13,27H2.